The molecule has 34 heavy (non-hydrogen) atoms. The van der Waals surface area contributed by atoms with E-state index in [1.807, 2.05) is 0 Å². The summed E-state index contributed by atoms with van der Waals surface area (Å²) in [5.74, 6) is 3.84. The van der Waals surface area contributed by atoms with Gasteiger partial charge in [-0.3, -0.25) is 0 Å². The third-order valence-electron chi connectivity index (χ3n) is 8.55. The molecule has 0 saturated heterocycles. The van der Waals surface area contributed by atoms with Crippen molar-refractivity contribution in [1.82, 2.24) is 0 Å². The van der Waals surface area contributed by atoms with Crippen molar-refractivity contribution in [3.05, 3.63) is 29.3 Å². The molecule has 1 atom stereocenters. The maximum Gasteiger partial charge on any atom is 0.192 e. The topological polar surface area (TPSA) is 9.23 Å². The molecule has 0 aliphatic heterocycles. The second kappa shape index (κ2) is 14.1. The van der Waals surface area contributed by atoms with Crippen LogP contribution in [-0.4, -0.2) is 6.10 Å². The predicted octanol–water partition coefficient (Wildman–Crippen LogP) is 9.59. The van der Waals surface area contributed by atoms with Crippen LogP contribution in [0.5, 0.6) is 5.75 Å². The zero-order chi connectivity index (χ0) is 24.3. The van der Waals surface area contributed by atoms with E-state index in [1.54, 1.807) is 0 Å². The molecule has 0 amide bonds. The summed E-state index contributed by atoms with van der Waals surface area (Å²) < 4.78 is 35.2. The predicted molar refractivity (Wildman–Crippen MR) is 138 cm³/mol. The molecule has 2 aliphatic rings. The molecule has 1 nitrogen and oxygen atoms in total. The lowest BCUT2D eigenvalue weighted by molar-refractivity contribution is 0.155. The van der Waals surface area contributed by atoms with E-state index in [-0.39, 0.29) is 11.7 Å². The van der Waals surface area contributed by atoms with Gasteiger partial charge in [0, 0.05) is 0 Å². The van der Waals surface area contributed by atoms with Crippen LogP contribution in [0.25, 0.3) is 0 Å². The quantitative estimate of drug-likeness (QED) is 0.217. The number of rotatable bonds is 12. The van der Waals surface area contributed by atoms with E-state index in [9.17, 15) is 8.78 Å². The number of terminal acetylenes is 1. The van der Waals surface area contributed by atoms with Crippen molar-refractivity contribution < 1.29 is 13.5 Å². The van der Waals surface area contributed by atoms with E-state index in [0.29, 0.717) is 6.42 Å². The largest absolute Gasteiger partial charge is 0.472 e. The fourth-order valence-corrected chi connectivity index (χ4v) is 6.38. The van der Waals surface area contributed by atoms with Crippen LogP contribution < -0.4 is 4.74 Å². The highest BCUT2D eigenvalue weighted by Gasteiger charge is 2.32. The van der Waals surface area contributed by atoms with Gasteiger partial charge in [0.05, 0.1) is 0 Å². The van der Waals surface area contributed by atoms with Gasteiger partial charge in [-0.25, -0.2) is 8.78 Å². The maximum atomic E-state index is 14.8. The Morgan fingerprint density at radius 1 is 0.853 bits per heavy atom. The van der Waals surface area contributed by atoms with Crippen molar-refractivity contribution >= 4 is 0 Å². The lowest BCUT2D eigenvalue weighted by Crippen LogP contribution is -2.25. The molecule has 0 radical (unpaired) electrons. The molecule has 190 valence electrons. The van der Waals surface area contributed by atoms with Crippen molar-refractivity contribution in [2.75, 3.05) is 0 Å². The summed E-state index contributed by atoms with van der Waals surface area (Å²) >= 11 is 0. The van der Waals surface area contributed by atoms with Crippen molar-refractivity contribution in [2.24, 2.45) is 17.8 Å². The number of hydrogen-bond acceptors (Lipinski definition) is 1. The second-order valence-corrected chi connectivity index (χ2v) is 11.0. The van der Waals surface area contributed by atoms with E-state index in [2.05, 4.69) is 19.8 Å². The van der Waals surface area contributed by atoms with Crippen molar-refractivity contribution in [3.8, 4) is 18.1 Å². The zero-order valence-electron chi connectivity index (χ0n) is 21.6. The molecule has 0 heterocycles. The van der Waals surface area contributed by atoms with E-state index >= 15 is 0 Å². The number of ether oxygens (including phenoxy) is 1. The van der Waals surface area contributed by atoms with E-state index in [1.165, 1.54) is 76.3 Å². The Hall–Kier alpha value is -1.56. The van der Waals surface area contributed by atoms with Crippen molar-refractivity contribution in [2.45, 2.75) is 129 Å². The highest BCUT2D eigenvalue weighted by molar-refractivity contribution is 5.34. The fraction of sp³-hybridized carbons (Fsp3) is 0.742. The normalized spacial score (nSPS) is 26.1. The molecule has 0 N–H and O–H groups in total. The third-order valence-corrected chi connectivity index (χ3v) is 8.55. The molecule has 1 aromatic carbocycles. The molecule has 1 aromatic rings. The third kappa shape index (κ3) is 7.73. The minimum absolute atomic E-state index is 0.243. The summed E-state index contributed by atoms with van der Waals surface area (Å²) in [6, 6.07) is 2.98. The van der Waals surface area contributed by atoms with Gasteiger partial charge < -0.3 is 4.74 Å². The monoisotopic (exact) mass is 472 g/mol. The average Bonchev–Trinajstić information content (AvgIpc) is 2.86. The Labute approximate surface area is 207 Å². The molecule has 0 unspecified atom stereocenters. The van der Waals surface area contributed by atoms with E-state index in [4.69, 9.17) is 11.2 Å². The van der Waals surface area contributed by atoms with Crippen LogP contribution in [0.1, 0.15) is 128 Å². The number of unbranched alkanes of at least 4 members (excludes halogenated alkanes) is 4. The lowest BCUT2D eigenvalue weighted by atomic mass is 9.68. The summed E-state index contributed by atoms with van der Waals surface area (Å²) in [5, 5.41) is 0. The minimum Gasteiger partial charge on any atom is -0.472 e. The van der Waals surface area contributed by atoms with Gasteiger partial charge in [-0.15, -0.1) is 6.42 Å². The Morgan fingerprint density at radius 2 is 1.41 bits per heavy atom. The highest BCUT2D eigenvalue weighted by Crippen LogP contribution is 2.45. The summed E-state index contributed by atoms with van der Waals surface area (Å²) in [6.45, 7) is 4.39. The summed E-state index contributed by atoms with van der Waals surface area (Å²) in [4.78, 5) is 0. The van der Waals surface area contributed by atoms with Crippen molar-refractivity contribution in [3.63, 3.8) is 0 Å². The van der Waals surface area contributed by atoms with Gasteiger partial charge in [-0.2, -0.15) is 0 Å². The summed E-state index contributed by atoms with van der Waals surface area (Å²) in [7, 11) is 0. The standard InChI is InChI=1S/C31H46F2O/c1-4-7-9-11-23-13-15-24(16-14-23)25-17-19-26(20-18-25)27-21-29(32)31(30(33)22-27)34-28(6-3)12-10-8-5-2/h3,21-26,28H,4-5,7-20H2,1-2H3/t23?,24?,25?,26?,28-/m0/s1. The van der Waals surface area contributed by atoms with Crippen molar-refractivity contribution in [1.29, 1.82) is 0 Å². The van der Waals surface area contributed by atoms with Gasteiger partial charge >= 0.3 is 0 Å². The molecule has 0 spiro atoms. The Balaban J connectivity index is 1.49. The molecule has 3 heteroatoms. The van der Waals surface area contributed by atoms with Gasteiger partial charge in [-0.1, -0.05) is 71.1 Å². The first kappa shape index (κ1) is 27.0. The van der Waals surface area contributed by atoms with Crippen LogP contribution in [-0.2, 0) is 0 Å². The summed E-state index contributed by atoms with van der Waals surface area (Å²) in [5.41, 5.74) is 0.781. The number of hydrogen-bond donors (Lipinski definition) is 0. The zero-order valence-corrected chi connectivity index (χ0v) is 21.6. The molecule has 2 fully saturated rings. The Bertz CT molecular complexity index is 743. The molecule has 2 aliphatic carbocycles. The maximum absolute atomic E-state index is 14.8. The van der Waals surface area contributed by atoms with Crippen LogP contribution in [0.4, 0.5) is 8.78 Å². The first-order chi connectivity index (χ1) is 16.5. The summed E-state index contributed by atoms with van der Waals surface area (Å²) in [6.07, 6.45) is 24.1. The fourth-order valence-electron chi connectivity index (χ4n) is 6.38. The Kier molecular flexibility index (Phi) is 11.2. The highest BCUT2D eigenvalue weighted by atomic mass is 19.1. The second-order valence-electron chi connectivity index (χ2n) is 11.0. The minimum atomic E-state index is -0.616. The van der Waals surface area contributed by atoms with Gasteiger partial charge in [0.1, 0.15) is 0 Å². The molecule has 3 rings (SSSR count). The van der Waals surface area contributed by atoms with Crippen LogP contribution >= 0.6 is 0 Å². The molecule has 0 aromatic heterocycles. The van der Waals surface area contributed by atoms with Gasteiger partial charge in [-0.05, 0) is 92.7 Å². The van der Waals surface area contributed by atoms with Gasteiger partial charge in [0.25, 0.3) is 0 Å². The number of halogens is 2. The van der Waals surface area contributed by atoms with E-state index in [0.717, 1.165) is 55.4 Å². The molecule has 2 saturated carbocycles. The smallest absolute Gasteiger partial charge is 0.192 e. The van der Waals surface area contributed by atoms with Crippen LogP contribution in [0.3, 0.4) is 0 Å². The van der Waals surface area contributed by atoms with Gasteiger partial charge in [0.2, 0.25) is 0 Å². The Morgan fingerprint density at radius 3 is 1.97 bits per heavy atom. The number of benzene rings is 1. The molecule has 0 bridgehead atoms. The van der Waals surface area contributed by atoms with Crippen LogP contribution in [0, 0.1) is 41.7 Å². The van der Waals surface area contributed by atoms with Crippen LogP contribution in [0.15, 0.2) is 12.1 Å². The van der Waals surface area contributed by atoms with Crippen LogP contribution in [0.2, 0.25) is 0 Å². The lowest BCUT2D eigenvalue weighted by Gasteiger charge is -2.38. The molecular formula is C31H46F2O. The first-order valence-corrected chi connectivity index (χ1v) is 14.2. The average molecular weight is 473 g/mol. The van der Waals surface area contributed by atoms with E-state index < -0.39 is 17.7 Å². The van der Waals surface area contributed by atoms with Gasteiger partial charge in [0.15, 0.2) is 23.5 Å². The SMILES string of the molecule is C#C[C@@H](CCCCC)Oc1c(F)cc(C2CCC(C3CCC(CCCCC)CC3)CC2)cc1F. The first-order valence-electron chi connectivity index (χ1n) is 14.2. The molecular weight excluding hydrogens is 426 g/mol.